The van der Waals surface area contributed by atoms with E-state index in [9.17, 15) is 4.79 Å². The predicted molar refractivity (Wildman–Crippen MR) is 71.9 cm³/mol. The van der Waals surface area contributed by atoms with Crippen molar-refractivity contribution < 1.29 is 4.79 Å². The van der Waals surface area contributed by atoms with Gasteiger partial charge in [-0.15, -0.1) is 11.8 Å². The van der Waals surface area contributed by atoms with Crippen LogP contribution in [0.25, 0.3) is 0 Å². The summed E-state index contributed by atoms with van der Waals surface area (Å²) < 4.78 is 0. The molecule has 0 aliphatic carbocycles. The predicted octanol–water partition coefficient (Wildman–Crippen LogP) is 1.23. The number of fused-ring (bicyclic) bond motifs is 1. The summed E-state index contributed by atoms with van der Waals surface area (Å²) in [6, 6.07) is 8.14. The van der Waals surface area contributed by atoms with E-state index in [1.165, 1.54) is 11.1 Å². The molecule has 1 heterocycles. The van der Waals surface area contributed by atoms with Crippen molar-refractivity contribution in [2.45, 2.75) is 32.4 Å². The van der Waals surface area contributed by atoms with E-state index in [0.29, 0.717) is 13.0 Å². The molecule has 1 atom stereocenters. The zero-order valence-corrected chi connectivity index (χ0v) is 10.6. The lowest BCUT2D eigenvalue weighted by Crippen LogP contribution is -2.47. The van der Waals surface area contributed by atoms with Gasteiger partial charge in [0.1, 0.15) is 0 Å². The molecule has 0 saturated heterocycles. The third-order valence-corrected chi connectivity index (χ3v) is 3.12. The van der Waals surface area contributed by atoms with Crippen LogP contribution >= 0.6 is 0 Å². The Balaban J connectivity index is 1.88. The third-order valence-electron chi connectivity index (χ3n) is 3.12. The van der Waals surface area contributed by atoms with E-state index in [-0.39, 0.29) is 11.9 Å². The van der Waals surface area contributed by atoms with E-state index in [1.807, 2.05) is 12.1 Å². The molecule has 1 aromatic carbocycles. The standard InChI is InChI=1S/C15H18N2O/c1-2-3-6-9-16-15(18)14-10-12-7-4-5-8-13(12)11-17-14/h4-5,7-8,14,17H,6,9-11H2,1H3,(H,16,18). The van der Waals surface area contributed by atoms with Crippen LogP contribution in [0, 0.1) is 11.8 Å². The molecule has 0 bridgehead atoms. The maximum Gasteiger partial charge on any atom is 0.237 e. The number of hydrogen-bond donors (Lipinski definition) is 2. The van der Waals surface area contributed by atoms with E-state index in [0.717, 1.165) is 13.0 Å². The Morgan fingerprint density at radius 1 is 1.44 bits per heavy atom. The first-order valence-corrected chi connectivity index (χ1v) is 6.28. The van der Waals surface area contributed by atoms with E-state index in [4.69, 9.17) is 0 Å². The Bertz CT molecular complexity index is 485. The SMILES string of the molecule is CC#CCCNC(=O)C1Cc2ccccc2CN1. The van der Waals surface area contributed by atoms with Crippen LogP contribution in [-0.2, 0) is 17.8 Å². The fourth-order valence-corrected chi connectivity index (χ4v) is 2.14. The fraction of sp³-hybridized carbons (Fsp3) is 0.400. The molecule has 94 valence electrons. The highest BCUT2D eigenvalue weighted by molar-refractivity contribution is 5.82. The molecule has 0 aromatic heterocycles. The van der Waals surface area contributed by atoms with Crippen LogP contribution in [0.15, 0.2) is 24.3 Å². The minimum atomic E-state index is -0.116. The summed E-state index contributed by atoms with van der Waals surface area (Å²) in [4.78, 5) is 11.9. The normalized spacial score (nSPS) is 17.3. The van der Waals surface area contributed by atoms with E-state index in [1.54, 1.807) is 6.92 Å². The maximum absolute atomic E-state index is 11.9. The number of amides is 1. The van der Waals surface area contributed by atoms with Crippen molar-refractivity contribution in [1.29, 1.82) is 0 Å². The fourth-order valence-electron chi connectivity index (χ4n) is 2.14. The van der Waals surface area contributed by atoms with Crippen molar-refractivity contribution in [3.05, 3.63) is 35.4 Å². The van der Waals surface area contributed by atoms with Crippen LogP contribution in [0.5, 0.6) is 0 Å². The van der Waals surface area contributed by atoms with Gasteiger partial charge in [-0.3, -0.25) is 4.79 Å². The second-order valence-corrected chi connectivity index (χ2v) is 4.37. The lowest BCUT2D eigenvalue weighted by Gasteiger charge is -2.25. The van der Waals surface area contributed by atoms with Gasteiger partial charge in [0.2, 0.25) is 5.91 Å². The summed E-state index contributed by atoms with van der Waals surface area (Å²) in [7, 11) is 0. The van der Waals surface area contributed by atoms with Crippen LogP contribution in [0.2, 0.25) is 0 Å². The summed E-state index contributed by atoms with van der Waals surface area (Å²) in [6.07, 6.45) is 1.48. The first kappa shape index (κ1) is 12.7. The molecule has 0 fully saturated rings. The number of hydrogen-bond acceptors (Lipinski definition) is 2. The van der Waals surface area contributed by atoms with Crippen LogP contribution in [0.4, 0.5) is 0 Å². The summed E-state index contributed by atoms with van der Waals surface area (Å²) >= 11 is 0. The van der Waals surface area contributed by atoms with Crippen molar-refractivity contribution in [2.24, 2.45) is 0 Å². The Hall–Kier alpha value is -1.79. The van der Waals surface area contributed by atoms with Gasteiger partial charge in [-0.1, -0.05) is 24.3 Å². The molecule has 1 aromatic rings. The van der Waals surface area contributed by atoms with Crippen LogP contribution < -0.4 is 10.6 Å². The van der Waals surface area contributed by atoms with Crippen molar-refractivity contribution in [3.8, 4) is 11.8 Å². The smallest absolute Gasteiger partial charge is 0.237 e. The van der Waals surface area contributed by atoms with Gasteiger partial charge >= 0.3 is 0 Å². The van der Waals surface area contributed by atoms with Crippen LogP contribution in [0.1, 0.15) is 24.5 Å². The van der Waals surface area contributed by atoms with Gasteiger partial charge in [-0.25, -0.2) is 0 Å². The van der Waals surface area contributed by atoms with E-state index < -0.39 is 0 Å². The molecule has 0 spiro atoms. The molecule has 2 N–H and O–H groups in total. The van der Waals surface area contributed by atoms with Gasteiger partial charge in [-0.2, -0.15) is 0 Å². The minimum Gasteiger partial charge on any atom is -0.354 e. The molecular weight excluding hydrogens is 224 g/mol. The number of carbonyl (C=O) groups is 1. The third kappa shape index (κ3) is 3.12. The van der Waals surface area contributed by atoms with Gasteiger partial charge in [0.15, 0.2) is 0 Å². The number of nitrogens with one attached hydrogen (secondary N) is 2. The summed E-state index contributed by atoms with van der Waals surface area (Å²) in [5.41, 5.74) is 2.56. The largest absolute Gasteiger partial charge is 0.354 e. The van der Waals surface area contributed by atoms with E-state index >= 15 is 0 Å². The highest BCUT2D eigenvalue weighted by Crippen LogP contribution is 2.16. The second kappa shape index (κ2) is 6.23. The molecule has 1 unspecified atom stereocenters. The quantitative estimate of drug-likeness (QED) is 0.618. The monoisotopic (exact) mass is 242 g/mol. The van der Waals surface area contributed by atoms with Gasteiger partial charge < -0.3 is 10.6 Å². The Kier molecular flexibility index (Phi) is 4.38. The van der Waals surface area contributed by atoms with Gasteiger partial charge in [0.25, 0.3) is 0 Å². The Morgan fingerprint density at radius 2 is 2.22 bits per heavy atom. The molecule has 0 saturated carbocycles. The molecule has 1 aliphatic heterocycles. The molecule has 3 nitrogen and oxygen atoms in total. The molecule has 18 heavy (non-hydrogen) atoms. The number of benzene rings is 1. The summed E-state index contributed by atoms with van der Waals surface area (Å²) in [6.45, 7) is 3.20. The highest BCUT2D eigenvalue weighted by Gasteiger charge is 2.23. The molecule has 3 heteroatoms. The topological polar surface area (TPSA) is 41.1 Å². The Labute approximate surface area is 108 Å². The van der Waals surface area contributed by atoms with Crippen LogP contribution in [0.3, 0.4) is 0 Å². The second-order valence-electron chi connectivity index (χ2n) is 4.37. The molecular formula is C15H18N2O. The average molecular weight is 242 g/mol. The zero-order chi connectivity index (χ0) is 12.8. The zero-order valence-electron chi connectivity index (χ0n) is 10.6. The maximum atomic E-state index is 11.9. The van der Waals surface area contributed by atoms with Gasteiger partial charge in [0.05, 0.1) is 6.04 Å². The first-order chi connectivity index (χ1) is 8.81. The molecule has 0 radical (unpaired) electrons. The van der Waals surface area contributed by atoms with Crippen molar-refractivity contribution in [2.75, 3.05) is 6.54 Å². The lowest BCUT2D eigenvalue weighted by atomic mass is 9.95. The molecule has 2 rings (SSSR count). The van der Waals surface area contributed by atoms with Gasteiger partial charge in [0, 0.05) is 19.5 Å². The van der Waals surface area contributed by atoms with Crippen molar-refractivity contribution in [3.63, 3.8) is 0 Å². The number of carbonyl (C=O) groups excluding carboxylic acids is 1. The van der Waals surface area contributed by atoms with Crippen molar-refractivity contribution >= 4 is 5.91 Å². The van der Waals surface area contributed by atoms with Crippen LogP contribution in [-0.4, -0.2) is 18.5 Å². The van der Waals surface area contributed by atoms with Crippen molar-refractivity contribution in [1.82, 2.24) is 10.6 Å². The average Bonchev–Trinajstić information content (AvgIpc) is 2.43. The Morgan fingerprint density at radius 3 is 3.00 bits per heavy atom. The molecule has 1 aliphatic rings. The molecule has 1 amide bonds. The summed E-state index contributed by atoms with van der Waals surface area (Å²) in [5.74, 6) is 5.83. The lowest BCUT2D eigenvalue weighted by molar-refractivity contribution is -0.123. The van der Waals surface area contributed by atoms with Gasteiger partial charge in [-0.05, 0) is 24.5 Å². The first-order valence-electron chi connectivity index (χ1n) is 6.28. The van der Waals surface area contributed by atoms with E-state index in [2.05, 4.69) is 34.6 Å². The minimum absolute atomic E-state index is 0.0717. The number of rotatable bonds is 3. The highest BCUT2D eigenvalue weighted by atomic mass is 16.2. The summed E-state index contributed by atoms with van der Waals surface area (Å²) in [5, 5.41) is 6.18.